The summed E-state index contributed by atoms with van der Waals surface area (Å²) in [6, 6.07) is 4.82. The summed E-state index contributed by atoms with van der Waals surface area (Å²) in [5, 5.41) is 2.87. The van der Waals surface area contributed by atoms with Gasteiger partial charge in [0.1, 0.15) is 6.04 Å². The number of rotatable bonds is 8. The van der Waals surface area contributed by atoms with Crippen LogP contribution in [0.4, 0.5) is 10.5 Å². The van der Waals surface area contributed by atoms with Crippen molar-refractivity contribution in [3.05, 3.63) is 18.2 Å². The number of carbonyl (C=O) groups excluding carboxylic acids is 2. The van der Waals surface area contributed by atoms with Crippen molar-refractivity contribution < 1.29 is 23.8 Å². The van der Waals surface area contributed by atoms with E-state index in [0.717, 1.165) is 19.3 Å². The molecule has 7 heteroatoms. The van der Waals surface area contributed by atoms with Gasteiger partial charge in [0.2, 0.25) is 5.91 Å². The minimum atomic E-state index is -0.515. The Morgan fingerprint density at radius 1 is 1.15 bits per heavy atom. The Kier molecular flexibility index (Phi) is 7.56. The summed E-state index contributed by atoms with van der Waals surface area (Å²) in [5.74, 6) is 1.04. The minimum absolute atomic E-state index is 0.225. The first-order valence-electron chi connectivity index (χ1n) is 9.15. The predicted octanol–water partition coefficient (Wildman–Crippen LogP) is 3.43. The Morgan fingerprint density at radius 2 is 1.85 bits per heavy atom. The average Bonchev–Trinajstić information content (AvgIpc) is 3.14. The summed E-state index contributed by atoms with van der Waals surface area (Å²) in [4.78, 5) is 25.8. The molecule has 0 saturated carbocycles. The zero-order valence-electron chi connectivity index (χ0n) is 15.7. The normalized spacial score (nSPS) is 16.3. The largest absolute Gasteiger partial charge is 0.490 e. The number of likely N-dealkylation sites (tertiary alicyclic amines) is 1. The molecule has 0 spiro atoms. The molecule has 1 heterocycles. The van der Waals surface area contributed by atoms with Crippen LogP contribution in [0.3, 0.4) is 0 Å². The van der Waals surface area contributed by atoms with E-state index in [2.05, 4.69) is 5.32 Å². The molecule has 7 nitrogen and oxygen atoms in total. The summed E-state index contributed by atoms with van der Waals surface area (Å²) in [6.07, 6.45) is 2.70. The molecule has 1 atom stereocenters. The van der Waals surface area contributed by atoms with Crippen molar-refractivity contribution in [2.24, 2.45) is 0 Å². The molecule has 0 radical (unpaired) electrons. The highest BCUT2D eigenvalue weighted by atomic mass is 16.5. The first-order chi connectivity index (χ1) is 12.6. The number of nitrogens with one attached hydrogen (secondary N) is 1. The Hall–Kier alpha value is -2.44. The Balaban J connectivity index is 2.10. The number of hydrogen-bond acceptors (Lipinski definition) is 5. The number of methoxy groups -OCH3 is 1. The molecule has 0 aliphatic carbocycles. The number of ether oxygens (including phenoxy) is 3. The molecule has 1 aromatic carbocycles. The van der Waals surface area contributed by atoms with Gasteiger partial charge in [-0.2, -0.15) is 0 Å². The van der Waals surface area contributed by atoms with E-state index in [-0.39, 0.29) is 5.91 Å². The van der Waals surface area contributed by atoms with E-state index >= 15 is 0 Å². The zero-order chi connectivity index (χ0) is 18.9. The third kappa shape index (κ3) is 5.03. The molecule has 0 aromatic heterocycles. The standard InChI is InChI=1S/C19H28N2O5/c1-4-11-25-16-9-8-14(13-17(16)26-12-5-2)20-18(22)15-7-6-10-21(15)19(23)24-3/h8-9,13,15H,4-7,10-12H2,1-3H3,(H,20,22). The van der Waals surface area contributed by atoms with E-state index in [4.69, 9.17) is 14.2 Å². The van der Waals surface area contributed by atoms with Gasteiger partial charge in [-0.05, 0) is 37.8 Å². The molecular weight excluding hydrogens is 336 g/mol. The van der Waals surface area contributed by atoms with Crippen LogP contribution < -0.4 is 14.8 Å². The van der Waals surface area contributed by atoms with Gasteiger partial charge in [-0.25, -0.2) is 4.79 Å². The van der Waals surface area contributed by atoms with E-state index < -0.39 is 12.1 Å². The van der Waals surface area contributed by atoms with E-state index in [9.17, 15) is 9.59 Å². The molecule has 2 rings (SSSR count). The van der Waals surface area contributed by atoms with Crippen molar-refractivity contribution in [3.8, 4) is 11.5 Å². The van der Waals surface area contributed by atoms with Crippen LogP contribution in [0.2, 0.25) is 0 Å². The average molecular weight is 364 g/mol. The number of hydrogen-bond donors (Lipinski definition) is 1. The molecular formula is C19H28N2O5. The predicted molar refractivity (Wildman–Crippen MR) is 98.8 cm³/mol. The van der Waals surface area contributed by atoms with Crippen molar-refractivity contribution >= 4 is 17.7 Å². The molecule has 1 N–H and O–H groups in total. The SMILES string of the molecule is CCCOc1ccc(NC(=O)C2CCCN2C(=O)OC)cc1OCCC. The van der Waals surface area contributed by atoms with E-state index in [1.807, 2.05) is 13.8 Å². The molecule has 1 saturated heterocycles. The van der Waals surface area contributed by atoms with Crippen molar-refractivity contribution in [3.63, 3.8) is 0 Å². The second-order valence-corrected chi connectivity index (χ2v) is 6.17. The van der Waals surface area contributed by atoms with E-state index in [1.54, 1.807) is 18.2 Å². The maximum absolute atomic E-state index is 12.6. The van der Waals surface area contributed by atoms with Crippen LogP contribution in [-0.2, 0) is 9.53 Å². The number of anilines is 1. The van der Waals surface area contributed by atoms with Crippen LogP contribution in [0, 0.1) is 0 Å². The maximum Gasteiger partial charge on any atom is 0.410 e. The molecule has 0 bridgehead atoms. The van der Waals surface area contributed by atoms with Gasteiger partial charge in [-0.3, -0.25) is 9.69 Å². The van der Waals surface area contributed by atoms with Crippen LogP contribution in [0.25, 0.3) is 0 Å². The molecule has 26 heavy (non-hydrogen) atoms. The third-order valence-corrected chi connectivity index (χ3v) is 4.10. The molecule has 1 aliphatic heterocycles. The van der Waals surface area contributed by atoms with Gasteiger partial charge in [-0.15, -0.1) is 0 Å². The number of benzene rings is 1. The molecule has 144 valence electrons. The first kappa shape index (κ1) is 19.9. The van der Waals surface area contributed by atoms with Gasteiger partial charge >= 0.3 is 6.09 Å². The van der Waals surface area contributed by atoms with Crippen LogP contribution in [0.15, 0.2) is 18.2 Å². The van der Waals surface area contributed by atoms with Gasteiger partial charge in [0.15, 0.2) is 11.5 Å². The van der Waals surface area contributed by atoms with Gasteiger partial charge < -0.3 is 19.5 Å². The highest BCUT2D eigenvalue weighted by Crippen LogP contribution is 2.31. The summed E-state index contributed by atoms with van der Waals surface area (Å²) < 4.78 is 16.2. The van der Waals surface area contributed by atoms with Crippen LogP contribution in [0.5, 0.6) is 11.5 Å². The fourth-order valence-electron chi connectivity index (χ4n) is 2.84. The Labute approximate surface area is 154 Å². The quantitative estimate of drug-likeness (QED) is 0.765. The molecule has 2 amide bonds. The smallest absolute Gasteiger partial charge is 0.410 e. The van der Waals surface area contributed by atoms with Crippen molar-refractivity contribution in [1.29, 1.82) is 0 Å². The summed E-state index contributed by atoms with van der Waals surface area (Å²) in [7, 11) is 1.32. The topological polar surface area (TPSA) is 77.1 Å². The number of carbonyl (C=O) groups is 2. The molecule has 1 fully saturated rings. The maximum atomic E-state index is 12.6. The second kappa shape index (κ2) is 9.89. The fourth-order valence-corrected chi connectivity index (χ4v) is 2.84. The molecule has 1 aromatic rings. The summed E-state index contributed by atoms with van der Waals surface area (Å²) in [6.45, 7) is 5.76. The summed E-state index contributed by atoms with van der Waals surface area (Å²) in [5.41, 5.74) is 0.613. The fraction of sp³-hybridized carbons (Fsp3) is 0.579. The Bertz CT molecular complexity index is 620. The van der Waals surface area contributed by atoms with E-state index in [0.29, 0.717) is 43.4 Å². The lowest BCUT2D eigenvalue weighted by Crippen LogP contribution is -2.43. The third-order valence-electron chi connectivity index (χ3n) is 4.10. The number of amides is 2. The van der Waals surface area contributed by atoms with E-state index in [1.165, 1.54) is 12.0 Å². The van der Waals surface area contributed by atoms with Crippen LogP contribution in [0.1, 0.15) is 39.5 Å². The molecule has 1 aliphatic rings. The monoisotopic (exact) mass is 364 g/mol. The van der Waals surface area contributed by atoms with Crippen molar-refractivity contribution in [1.82, 2.24) is 4.90 Å². The van der Waals surface area contributed by atoms with Crippen LogP contribution in [-0.4, -0.2) is 49.8 Å². The van der Waals surface area contributed by atoms with Crippen molar-refractivity contribution in [2.45, 2.75) is 45.6 Å². The van der Waals surface area contributed by atoms with Crippen molar-refractivity contribution in [2.75, 3.05) is 32.2 Å². The minimum Gasteiger partial charge on any atom is -0.490 e. The molecule has 1 unspecified atom stereocenters. The lowest BCUT2D eigenvalue weighted by atomic mass is 10.2. The second-order valence-electron chi connectivity index (χ2n) is 6.17. The van der Waals surface area contributed by atoms with Gasteiger partial charge in [0.25, 0.3) is 0 Å². The highest BCUT2D eigenvalue weighted by Gasteiger charge is 2.34. The van der Waals surface area contributed by atoms with Gasteiger partial charge in [0.05, 0.1) is 20.3 Å². The lowest BCUT2D eigenvalue weighted by Gasteiger charge is -2.22. The number of nitrogens with zero attached hydrogens (tertiary/aromatic N) is 1. The highest BCUT2D eigenvalue weighted by molar-refractivity contribution is 5.97. The van der Waals surface area contributed by atoms with Gasteiger partial charge in [-0.1, -0.05) is 13.8 Å². The first-order valence-corrected chi connectivity index (χ1v) is 9.15. The zero-order valence-corrected chi connectivity index (χ0v) is 15.7. The van der Waals surface area contributed by atoms with Crippen LogP contribution >= 0.6 is 0 Å². The van der Waals surface area contributed by atoms with Gasteiger partial charge in [0, 0.05) is 18.3 Å². The Morgan fingerprint density at radius 3 is 2.50 bits per heavy atom. The lowest BCUT2D eigenvalue weighted by molar-refractivity contribution is -0.119. The summed E-state index contributed by atoms with van der Waals surface area (Å²) >= 11 is 0.